The molecular weight excluding hydrogens is 326 g/mol. The minimum Gasteiger partial charge on any atom is -0.334 e. The zero-order valence-corrected chi connectivity index (χ0v) is 14.6. The molecule has 0 saturated heterocycles. The highest BCUT2D eigenvalue weighted by molar-refractivity contribution is 5.99. The Bertz CT molecular complexity index is 902. The highest BCUT2D eigenvalue weighted by Crippen LogP contribution is 2.35. The van der Waals surface area contributed by atoms with E-state index in [9.17, 15) is 4.79 Å². The molecule has 1 aliphatic heterocycles. The average Bonchev–Trinajstić information content (AvgIpc) is 3.04. The molecule has 0 unspecified atom stereocenters. The van der Waals surface area contributed by atoms with Crippen LogP contribution in [0, 0.1) is 6.92 Å². The van der Waals surface area contributed by atoms with Gasteiger partial charge in [0.25, 0.3) is 0 Å². The Morgan fingerprint density at radius 2 is 1.96 bits per heavy atom. The second-order valence-corrected chi connectivity index (χ2v) is 6.52. The number of imidazole rings is 1. The van der Waals surface area contributed by atoms with Crippen LogP contribution in [0.15, 0.2) is 55.0 Å². The van der Waals surface area contributed by atoms with E-state index in [0.717, 1.165) is 30.8 Å². The molecule has 3 aromatic rings. The topological polar surface area (TPSA) is 71.8 Å². The van der Waals surface area contributed by atoms with E-state index in [1.807, 2.05) is 24.5 Å². The van der Waals surface area contributed by atoms with Gasteiger partial charge in [-0.3, -0.25) is 5.32 Å². The lowest BCUT2D eigenvalue weighted by Gasteiger charge is -2.25. The Balaban J connectivity index is 1.46. The maximum Gasteiger partial charge on any atom is 0.324 e. The number of pyridine rings is 1. The zero-order valence-electron chi connectivity index (χ0n) is 14.6. The van der Waals surface area contributed by atoms with Crippen molar-refractivity contribution in [3.63, 3.8) is 0 Å². The predicted molar refractivity (Wildman–Crippen MR) is 101 cm³/mol. The van der Waals surface area contributed by atoms with Crippen LogP contribution in [-0.2, 0) is 6.54 Å². The normalized spacial score (nSPS) is 16.0. The van der Waals surface area contributed by atoms with Crippen molar-refractivity contribution in [2.24, 2.45) is 0 Å². The predicted octanol–water partition coefficient (Wildman–Crippen LogP) is 4.16. The molecule has 26 heavy (non-hydrogen) atoms. The van der Waals surface area contributed by atoms with Crippen molar-refractivity contribution < 1.29 is 4.79 Å². The summed E-state index contributed by atoms with van der Waals surface area (Å²) in [4.78, 5) is 20.6. The summed E-state index contributed by atoms with van der Waals surface area (Å²) in [6.45, 7) is 3.11. The number of benzene rings is 1. The van der Waals surface area contributed by atoms with Gasteiger partial charge in [0.2, 0.25) is 0 Å². The highest BCUT2D eigenvalue weighted by atomic mass is 16.2. The van der Waals surface area contributed by atoms with E-state index in [1.165, 1.54) is 11.3 Å². The molecule has 0 bridgehead atoms. The second-order valence-electron chi connectivity index (χ2n) is 6.52. The van der Waals surface area contributed by atoms with Crippen molar-refractivity contribution in [1.29, 1.82) is 0 Å². The lowest BCUT2D eigenvalue weighted by molar-refractivity contribution is 0.262. The van der Waals surface area contributed by atoms with Gasteiger partial charge in [0.15, 0.2) is 0 Å². The first-order valence-electron chi connectivity index (χ1n) is 8.81. The van der Waals surface area contributed by atoms with Crippen LogP contribution >= 0.6 is 0 Å². The standard InChI is InChI=1S/C20H21N5O/c1-14-19-17(5-4-12-25(19)13-22-14)15-7-9-16(10-8-15)23-20(26)24-18-6-2-3-11-21-18/h2-3,6-11,13,17H,4-5,12H2,1H3,(H2,21,23,24,26)/t17-/m0/s1. The number of anilines is 2. The summed E-state index contributed by atoms with van der Waals surface area (Å²) in [5.74, 6) is 0.884. The Labute approximate surface area is 152 Å². The molecule has 6 nitrogen and oxygen atoms in total. The summed E-state index contributed by atoms with van der Waals surface area (Å²) >= 11 is 0. The molecule has 4 rings (SSSR count). The van der Waals surface area contributed by atoms with Gasteiger partial charge in [0.1, 0.15) is 5.82 Å². The summed E-state index contributed by atoms with van der Waals surface area (Å²) in [6, 6.07) is 13.1. The number of hydrogen-bond donors (Lipinski definition) is 2. The molecule has 1 aromatic carbocycles. The van der Waals surface area contributed by atoms with Gasteiger partial charge in [-0.25, -0.2) is 14.8 Å². The fourth-order valence-electron chi connectivity index (χ4n) is 3.56. The van der Waals surface area contributed by atoms with Crippen LogP contribution in [-0.4, -0.2) is 20.6 Å². The van der Waals surface area contributed by atoms with Crippen molar-refractivity contribution in [2.45, 2.75) is 32.2 Å². The second kappa shape index (κ2) is 7.00. The number of urea groups is 1. The smallest absolute Gasteiger partial charge is 0.324 e. The molecule has 2 amide bonds. The Kier molecular flexibility index (Phi) is 4.39. The van der Waals surface area contributed by atoms with Crippen LogP contribution in [0.2, 0.25) is 0 Å². The molecule has 6 heteroatoms. The van der Waals surface area contributed by atoms with Gasteiger partial charge in [-0.15, -0.1) is 0 Å². The fraction of sp³-hybridized carbons (Fsp3) is 0.250. The summed E-state index contributed by atoms with van der Waals surface area (Å²) in [5.41, 5.74) is 4.42. The third kappa shape index (κ3) is 3.31. The third-order valence-electron chi connectivity index (χ3n) is 4.77. The van der Waals surface area contributed by atoms with E-state index >= 15 is 0 Å². The molecule has 0 radical (unpaired) electrons. The molecule has 3 heterocycles. The van der Waals surface area contributed by atoms with Gasteiger partial charge in [0.05, 0.1) is 12.0 Å². The van der Waals surface area contributed by atoms with Crippen LogP contribution in [0.4, 0.5) is 16.3 Å². The first kappa shape index (κ1) is 16.3. The number of nitrogens with one attached hydrogen (secondary N) is 2. The Hall–Kier alpha value is -3.15. The summed E-state index contributed by atoms with van der Waals surface area (Å²) in [6.07, 6.45) is 5.86. The summed E-state index contributed by atoms with van der Waals surface area (Å²) in [5, 5.41) is 5.55. The number of hydrogen-bond acceptors (Lipinski definition) is 3. The molecular formula is C20H21N5O. The van der Waals surface area contributed by atoms with Crippen LogP contribution in [0.5, 0.6) is 0 Å². The number of nitrogens with zero attached hydrogens (tertiary/aromatic N) is 3. The van der Waals surface area contributed by atoms with E-state index in [1.54, 1.807) is 18.3 Å². The van der Waals surface area contributed by atoms with Crippen molar-refractivity contribution in [2.75, 3.05) is 10.6 Å². The number of fused-ring (bicyclic) bond motifs is 1. The molecule has 2 N–H and O–H groups in total. The van der Waals surface area contributed by atoms with Gasteiger partial charge in [-0.1, -0.05) is 18.2 Å². The maximum atomic E-state index is 12.1. The maximum absolute atomic E-state index is 12.1. The van der Waals surface area contributed by atoms with E-state index < -0.39 is 0 Å². The Morgan fingerprint density at radius 3 is 2.73 bits per heavy atom. The minimum atomic E-state index is -0.303. The van der Waals surface area contributed by atoms with Gasteiger partial charge >= 0.3 is 6.03 Å². The average molecular weight is 347 g/mol. The molecule has 2 aromatic heterocycles. The molecule has 0 saturated carbocycles. The van der Waals surface area contributed by atoms with E-state index in [-0.39, 0.29) is 6.03 Å². The summed E-state index contributed by atoms with van der Waals surface area (Å²) in [7, 11) is 0. The number of aromatic nitrogens is 3. The third-order valence-corrected chi connectivity index (χ3v) is 4.77. The molecule has 0 aliphatic carbocycles. The molecule has 0 fully saturated rings. The number of aryl methyl sites for hydroxylation is 2. The quantitative estimate of drug-likeness (QED) is 0.747. The molecule has 1 atom stereocenters. The van der Waals surface area contributed by atoms with Gasteiger partial charge in [0, 0.05) is 30.0 Å². The van der Waals surface area contributed by atoms with Crippen molar-refractivity contribution in [3.05, 3.63) is 71.9 Å². The molecule has 132 valence electrons. The number of rotatable bonds is 3. The van der Waals surface area contributed by atoms with Crippen molar-refractivity contribution >= 4 is 17.5 Å². The zero-order chi connectivity index (χ0) is 17.9. The first-order chi connectivity index (χ1) is 12.7. The Morgan fingerprint density at radius 1 is 1.12 bits per heavy atom. The van der Waals surface area contributed by atoms with Crippen LogP contribution in [0.1, 0.15) is 35.7 Å². The van der Waals surface area contributed by atoms with Gasteiger partial charge < -0.3 is 9.88 Å². The van der Waals surface area contributed by atoms with Gasteiger partial charge in [-0.05, 0) is 49.6 Å². The van der Waals surface area contributed by atoms with E-state index in [0.29, 0.717) is 11.7 Å². The van der Waals surface area contributed by atoms with Gasteiger partial charge in [-0.2, -0.15) is 0 Å². The van der Waals surface area contributed by atoms with Crippen molar-refractivity contribution in [1.82, 2.24) is 14.5 Å². The molecule has 1 aliphatic rings. The lowest BCUT2D eigenvalue weighted by atomic mass is 9.87. The molecule has 0 spiro atoms. The fourth-order valence-corrected chi connectivity index (χ4v) is 3.56. The lowest BCUT2D eigenvalue weighted by Crippen LogP contribution is -2.20. The SMILES string of the molecule is Cc1ncn2c1[C@H](c1ccc(NC(=O)Nc3ccccn3)cc1)CCC2. The van der Waals surface area contributed by atoms with Crippen LogP contribution in [0.3, 0.4) is 0 Å². The first-order valence-corrected chi connectivity index (χ1v) is 8.81. The van der Waals surface area contributed by atoms with E-state index in [2.05, 4.69) is 44.2 Å². The monoisotopic (exact) mass is 347 g/mol. The highest BCUT2D eigenvalue weighted by Gasteiger charge is 2.24. The van der Waals surface area contributed by atoms with Crippen LogP contribution in [0.25, 0.3) is 0 Å². The van der Waals surface area contributed by atoms with E-state index in [4.69, 9.17) is 0 Å². The summed E-state index contributed by atoms with van der Waals surface area (Å²) < 4.78 is 2.26. The largest absolute Gasteiger partial charge is 0.334 e. The van der Waals surface area contributed by atoms with Crippen LogP contribution < -0.4 is 10.6 Å². The number of carbonyl (C=O) groups excluding carboxylic acids is 1. The van der Waals surface area contributed by atoms with Crippen molar-refractivity contribution in [3.8, 4) is 0 Å². The number of amides is 2. The number of carbonyl (C=O) groups is 1. The minimum absolute atomic E-state index is 0.303.